The normalized spacial score (nSPS) is 11.8. The molecule has 0 aliphatic rings. The van der Waals surface area contributed by atoms with Gasteiger partial charge in [-0.25, -0.2) is 0 Å². The van der Waals surface area contributed by atoms with Gasteiger partial charge in [-0.3, -0.25) is 14.4 Å². The van der Waals surface area contributed by atoms with Crippen LogP contribution in [0, 0.1) is 0 Å². The van der Waals surface area contributed by atoms with Crippen molar-refractivity contribution in [2.24, 2.45) is 0 Å². The second-order valence-corrected chi connectivity index (χ2v) is 16.7. The van der Waals surface area contributed by atoms with E-state index in [0.717, 1.165) is 57.8 Å². The lowest BCUT2D eigenvalue weighted by Gasteiger charge is -2.18. The van der Waals surface area contributed by atoms with Crippen LogP contribution >= 0.6 is 0 Å². The van der Waals surface area contributed by atoms with Gasteiger partial charge in [-0.1, -0.05) is 239 Å². The van der Waals surface area contributed by atoms with Crippen molar-refractivity contribution in [3.63, 3.8) is 0 Å². The molecular formula is C49H94O6. The zero-order valence-corrected chi connectivity index (χ0v) is 37.2. The zero-order valence-electron chi connectivity index (χ0n) is 37.2. The molecule has 6 heteroatoms. The highest BCUT2D eigenvalue weighted by molar-refractivity contribution is 5.71. The zero-order chi connectivity index (χ0) is 40.1. The minimum absolute atomic E-state index is 0.0624. The van der Waals surface area contributed by atoms with Gasteiger partial charge in [0.05, 0.1) is 0 Å². The first-order chi connectivity index (χ1) is 27.0. The molecule has 0 aromatic heterocycles. The number of hydrogen-bond donors (Lipinski definition) is 0. The van der Waals surface area contributed by atoms with Crippen molar-refractivity contribution >= 4 is 17.9 Å². The molecular weight excluding hydrogens is 685 g/mol. The van der Waals surface area contributed by atoms with Crippen LogP contribution in [-0.2, 0) is 28.6 Å². The summed E-state index contributed by atoms with van der Waals surface area (Å²) in [5.41, 5.74) is 0. The Labute approximate surface area is 342 Å². The van der Waals surface area contributed by atoms with E-state index in [1.807, 2.05) is 0 Å². The first-order valence-corrected chi connectivity index (χ1v) is 24.5. The molecule has 0 radical (unpaired) electrons. The molecule has 0 fully saturated rings. The average molecular weight is 779 g/mol. The van der Waals surface area contributed by atoms with E-state index >= 15 is 0 Å². The van der Waals surface area contributed by atoms with Crippen LogP contribution in [0.2, 0.25) is 0 Å². The van der Waals surface area contributed by atoms with Crippen molar-refractivity contribution in [3.05, 3.63) is 0 Å². The number of carbonyl (C=O) groups excluding carboxylic acids is 3. The monoisotopic (exact) mass is 779 g/mol. The molecule has 1 unspecified atom stereocenters. The second kappa shape index (κ2) is 45.1. The maximum atomic E-state index is 12.7. The molecule has 0 aromatic rings. The Hall–Kier alpha value is -1.59. The lowest BCUT2D eigenvalue weighted by atomic mass is 10.0. The summed E-state index contributed by atoms with van der Waals surface area (Å²) >= 11 is 0. The van der Waals surface area contributed by atoms with Crippen LogP contribution in [0.3, 0.4) is 0 Å². The molecule has 0 saturated carbocycles. The molecule has 0 rings (SSSR count). The van der Waals surface area contributed by atoms with Crippen LogP contribution < -0.4 is 0 Å². The Morgan fingerprint density at radius 3 is 0.727 bits per heavy atom. The van der Waals surface area contributed by atoms with Crippen LogP contribution in [-0.4, -0.2) is 37.2 Å². The number of ether oxygens (including phenoxy) is 3. The molecule has 6 nitrogen and oxygen atoms in total. The van der Waals surface area contributed by atoms with E-state index in [4.69, 9.17) is 14.2 Å². The van der Waals surface area contributed by atoms with Gasteiger partial charge in [0.25, 0.3) is 0 Å². The van der Waals surface area contributed by atoms with Gasteiger partial charge in [-0.2, -0.15) is 0 Å². The Balaban J connectivity index is 4.25. The SMILES string of the molecule is CCCCCCCCCCCCCCCCCC(=O)OCC(COC(=O)CCCCCCCCCC)OC(=O)CCCCCCCCCCCCCCCC. The largest absolute Gasteiger partial charge is 0.462 e. The van der Waals surface area contributed by atoms with Crippen molar-refractivity contribution in [1.29, 1.82) is 0 Å². The van der Waals surface area contributed by atoms with E-state index in [1.165, 1.54) is 180 Å². The van der Waals surface area contributed by atoms with E-state index in [-0.39, 0.29) is 31.1 Å². The molecule has 0 saturated heterocycles. The smallest absolute Gasteiger partial charge is 0.306 e. The van der Waals surface area contributed by atoms with Crippen LogP contribution in [0.1, 0.15) is 278 Å². The standard InChI is InChI=1S/C49H94O6/c1-4-7-10-13-16-19-21-23-25-27-28-30-33-36-39-42-48(51)54-45-46(44-53-47(50)41-38-35-32-18-15-12-9-6-3)55-49(52)43-40-37-34-31-29-26-24-22-20-17-14-11-8-5-2/h46H,4-45H2,1-3H3. The van der Waals surface area contributed by atoms with Crippen molar-refractivity contribution in [1.82, 2.24) is 0 Å². The number of unbranched alkanes of at least 4 members (excludes halogenated alkanes) is 34. The molecule has 0 amide bonds. The predicted molar refractivity (Wildman–Crippen MR) is 233 cm³/mol. The van der Waals surface area contributed by atoms with Crippen molar-refractivity contribution in [3.8, 4) is 0 Å². The lowest BCUT2D eigenvalue weighted by molar-refractivity contribution is -0.167. The summed E-state index contributed by atoms with van der Waals surface area (Å²) in [5.74, 6) is -0.849. The highest BCUT2D eigenvalue weighted by atomic mass is 16.6. The highest BCUT2D eigenvalue weighted by Crippen LogP contribution is 2.16. The molecule has 0 aliphatic heterocycles. The fraction of sp³-hybridized carbons (Fsp3) is 0.939. The minimum atomic E-state index is -0.758. The van der Waals surface area contributed by atoms with E-state index in [1.54, 1.807) is 0 Å². The summed E-state index contributed by atoms with van der Waals surface area (Å²) in [7, 11) is 0. The van der Waals surface area contributed by atoms with Crippen LogP contribution in [0.4, 0.5) is 0 Å². The summed E-state index contributed by atoms with van der Waals surface area (Å²) in [6, 6.07) is 0. The summed E-state index contributed by atoms with van der Waals surface area (Å²) in [6.45, 7) is 6.64. The summed E-state index contributed by atoms with van der Waals surface area (Å²) in [4.78, 5) is 37.7. The molecule has 0 aromatic carbocycles. The van der Waals surface area contributed by atoms with Gasteiger partial charge in [0, 0.05) is 19.3 Å². The average Bonchev–Trinajstić information content (AvgIpc) is 3.18. The molecule has 0 aliphatic carbocycles. The van der Waals surface area contributed by atoms with E-state index < -0.39 is 6.10 Å². The molecule has 0 bridgehead atoms. The van der Waals surface area contributed by atoms with Crippen LogP contribution in [0.5, 0.6) is 0 Å². The highest BCUT2D eigenvalue weighted by Gasteiger charge is 2.19. The van der Waals surface area contributed by atoms with Crippen molar-refractivity contribution in [2.45, 2.75) is 284 Å². The first-order valence-electron chi connectivity index (χ1n) is 24.5. The quantitative estimate of drug-likeness (QED) is 0.0348. The van der Waals surface area contributed by atoms with Crippen LogP contribution in [0.25, 0.3) is 0 Å². The summed E-state index contributed by atoms with van der Waals surface area (Å²) < 4.78 is 16.7. The Kier molecular flexibility index (Phi) is 43.8. The third kappa shape index (κ3) is 43.4. The number of esters is 3. The topological polar surface area (TPSA) is 78.9 Å². The van der Waals surface area contributed by atoms with Gasteiger partial charge in [0.1, 0.15) is 13.2 Å². The van der Waals surface area contributed by atoms with E-state index in [9.17, 15) is 14.4 Å². The first kappa shape index (κ1) is 53.4. The van der Waals surface area contributed by atoms with Crippen LogP contribution in [0.15, 0.2) is 0 Å². The Morgan fingerprint density at radius 2 is 0.491 bits per heavy atom. The molecule has 1 atom stereocenters. The van der Waals surface area contributed by atoms with Gasteiger partial charge in [-0.05, 0) is 19.3 Å². The molecule has 55 heavy (non-hydrogen) atoms. The molecule has 326 valence electrons. The number of carbonyl (C=O) groups is 3. The number of hydrogen-bond acceptors (Lipinski definition) is 6. The predicted octanol–water partition coefficient (Wildman–Crippen LogP) is 15.6. The van der Waals surface area contributed by atoms with E-state index in [0.29, 0.717) is 19.3 Å². The van der Waals surface area contributed by atoms with Gasteiger partial charge < -0.3 is 14.2 Å². The lowest BCUT2D eigenvalue weighted by Crippen LogP contribution is -2.30. The minimum Gasteiger partial charge on any atom is -0.462 e. The van der Waals surface area contributed by atoms with Crippen molar-refractivity contribution < 1.29 is 28.6 Å². The molecule has 0 heterocycles. The summed E-state index contributed by atoms with van der Waals surface area (Å²) in [6.07, 6.45) is 46.6. The van der Waals surface area contributed by atoms with Gasteiger partial charge in [-0.15, -0.1) is 0 Å². The molecule has 0 N–H and O–H groups in total. The third-order valence-electron chi connectivity index (χ3n) is 11.1. The Morgan fingerprint density at radius 1 is 0.291 bits per heavy atom. The summed E-state index contributed by atoms with van der Waals surface area (Å²) in [5, 5.41) is 0. The molecule has 0 spiro atoms. The maximum Gasteiger partial charge on any atom is 0.306 e. The maximum absolute atomic E-state index is 12.7. The van der Waals surface area contributed by atoms with Crippen molar-refractivity contribution in [2.75, 3.05) is 13.2 Å². The third-order valence-corrected chi connectivity index (χ3v) is 11.1. The second-order valence-electron chi connectivity index (χ2n) is 16.7. The van der Waals surface area contributed by atoms with Gasteiger partial charge in [0.2, 0.25) is 0 Å². The fourth-order valence-electron chi connectivity index (χ4n) is 7.38. The van der Waals surface area contributed by atoms with Gasteiger partial charge >= 0.3 is 17.9 Å². The Bertz CT molecular complexity index is 813. The number of rotatable bonds is 45. The van der Waals surface area contributed by atoms with Gasteiger partial charge in [0.15, 0.2) is 6.10 Å². The fourth-order valence-corrected chi connectivity index (χ4v) is 7.38. The van der Waals surface area contributed by atoms with E-state index in [2.05, 4.69) is 20.8 Å².